The zero-order valence-corrected chi connectivity index (χ0v) is 10.7. The highest BCUT2D eigenvalue weighted by atomic mass is 19.1. The maximum absolute atomic E-state index is 13.6. The predicted molar refractivity (Wildman–Crippen MR) is 67.8 cm³/mol. The van der Waals surface area contributed by atoms with Crippen LogP contribution in [0.1, 0.15) is 31.7 Å². The molecule has 0 amide bonds. The minimum Gasteiger partial charge on any atom is -0.258 e. The summed E-state index contributed by atoms with van der Waals surface area (Å²) in [6.45, 7) is 2.11. The third-order valence-corrected chi connectivity index (χ3v) is 3.84. The highest BCUT2D eigenvalue weighted by molar-refractivity contribution is 5.36. The van der Waals surface area contributed by atoms with Crippen molar-refractivity contribution < 1.29 is 9.31 Å². The van der Waals surface area contributed by atoms with E-state index in [2.05, 4.69) is 13.0 Å². The minimum atomic E-state index is -0.832. The molecule has 2 atom stereocenters. The molecule has 1 aromatic rings. The fraction of sp³-hybridized carbons (Fsp3) is 0.500. The van der Waals surface area contributed by atoms with Gasteiger partial charge in [0.2, 0.25) is 5.82 Å². The smallest absolute Gasteiger partial charge is 0.258 e. The van der Waals surface area contributed by atoms with Gasteiger partial charge in [0.25, 0.3) is 0 Å². The van der Waals surface area contributed by atoms with Crippen LogP contribution in [-0.2, 0) is 6.42 Å². The molecule has 0 aromatic heterocycles. The third kappa shape index (κ3) is 2.73. The number of hydrogen-bond acceptors (Lipinski definition) is 3. The summed E-state index contributed by atoms with van der Waals surface area (Å²) in [4.78, 5) is 9.81. The second kappa shape index (κ2) is 4.96. The standard InChI is InChI=1S/C14H15FN2O2/c1-10-4-5-14(7-10,9-16)8-11-2-3-13(17(18)19)12(15)6-11/h2-3,6,10H,4-5,7-8H2,1H3. The Balaban J connectivity index is 2.22. The van der Waals surface area contributed by atoms with Crippen molar-refractivity contribution in [2.24, 2.45) is 11.3 Å². The van der Waals surface area contributed by atoms with E-state index >= 15 is 0 Å². The zero-order valence-electron chi connectivity index (χ0n) is 10.7. The number of nitriles is 1. The molecule has 5 heteroatoms. The molecule has 1 aliphatic carbocycles. The number of nitrogens with zero attached hydrogens (tertiary/aromatic N) is 2. The summed E-state index contributed by atoms with van der Waals surface area (Å²) in [5.41, 5.74) is -0.310. The molecule has 4 nitrogen and oxygen atoms in total. The van der Waals surface area contributed by atoms with Gasteiger partial charge in [0, 0.05) is 6.07 Å². The lowest BCUT2D eigenvalue weighted by atomic mass is 9.81. The Labute approximate surface area is 111 Å². The number of hydrogen-bond donors (Lipinski definition) is 0. The van der Waals surface area contributed by atoms with Gasteiger partial charge in [-0.1, -0.05) is 13.0 Å². The largest absolute Gasteiger partial charge is 0.304 e. The second-order valence-electron chi connectivity index (χ2n) is 5.46. The van der Waals surface area contributed by atoms with Crippen LogP contribution < -0.4 is 0 Å². The van der Waals surface area contributed by atoms with Crippen LogP contribution in [0.5, 0.6) is 0 Å². The van der Waals surface area contributed by atoms with Gasteiger partial charge >= 0.3 is 5.69 Å². The van der Waals surface area contributed by atoms with Gasteiger partial charge in [-0.3, -0.25) is 10.1 Å². The Bertz CT molecular complexity index is 553. The van der Waals surface area contributed by atoms with Gasteiger partial charge in [-0.2, -0.15) is 9.65 Å². The van der Waals surface area contributed by atoms with Crippen LogP contribution in [0.15, 0.2) is 18.2 Å². The average Bonchev–Trinajstić information content (AvgIpc) is 2.71. The Kier molecular flexibility index (Phi) is 3.52. The number of halogens is 1. The van der Waals surface area contributed by atoms with Crippen molar-refractivity contribution in [2.45, 2.75) is 32.6 Å². The minimum absolute atomic E-state index is 0.442. The van der Waals surface area contributed by atoms with Crippen molar-refractivity contribution in [3.63, 3.8) is 0 Å². The van der Waals surface area contributed by atoms with Gasteiger partial charge in [-0.05, 0) is 43.2 Å². The van der Waals surface area contributed by atoms with Crippen LogP contribution in [0, 0.1) is 38.6 Å². The molecular weight excluding hydrogens is 247 g/mol. The summed E-state index contributed by atoms with van der Waals surface area (Å²) in [6.07, 6.45) is 3.08. The van der Waals surface area contributed by atoms with Crippen LogP contribution in [-0.4, -0.2) is 4.92 Å². The lowest BCUT2D eigenvalue weighted by molar-refractivity contribution is -0.387. The van der Waals surface area contributed by atoms with Crippen molar-refractivity contribution in [1.29, 1.82) is 5.26 Å². The van der Waals surface area contributed by atoms with Crippen molar-refractivity contribution >= 4 is 5.69 Å². The topological polar surface area (TPSA) is 66.9 Å². The highest BCUT2D eigenvalue weighted by Crippen LogP contribution is 2.43. The van der Waals surface area contributed by atoms with Crippen LogP contribution in [0.4, 0.5) is 10.1 Å². The van der Waals surface area contributed by atoms with Crippen LogP contribution in [0.25, 0.3) is 0 Å². The Morgan fingerprint density at radius 1 is 1.63 bits per heavy atom. The molecule has 2 unspecified atom stereocenters. The predicted octanol–water partition coefficient (Wildman–Crippen LogP) is 3.61. The van der Waals surface area contributed by atoms with E-state index < -0.39 is 21.8 Å². The fourth-order valence-electron chi connectivity index (χ4n) is 2.89. The van der Waals surface area contributed by atoms with Crippen molar-refractivity contribution in [1.82, 2.24) is 0 Å². The van der Waals surface area contributed by atoms with E-state index in [0.717, 1.165) is 19.3 Å². The summed E-state index contributed by atoms with van der Waals surface area (Å²) < 4.78 is 13.6. The lowest BCUT2D eigenvalue weighted by Gasteiger charge is -2.20. The van der Waals surface area contributed by atoms with E-state index in [0.29, 0.717) is 17.9 Å². The van der Waals surface area contributed by atoms with E-state index in [9.17, 15) is 19.8 Å². The Morgan fingerprint density at radius 2 is 2.37 bits per heavy atom. The molecular formula is C14H15FN2O2. The molecule has 0 radical (unpaired) electrons. The summed E-state index contributed by atoms with van der Waals surface area (Å²) in [6, 6.07) is 6.26. The number of nitro groups is 1. The summed E-state index contributed by atoms with van der Waals surface area (Å²) in [5, 5.41) is 19.9. The molecule has 1 saturated carbocycles. The zero-order chi connectivity index (χ0) is 14.0. The molecule has 0 saturated heterocycles. The number of nitro benzene ring substituents is 1. The molecule has 1 aromatic carbocycles. The van der Waals surface area contributed by atoms with Crippen LogP contribution in [0.3, 0.4) is 0 Å². The normalized spacial score (nSPS) is 26.1. The quantitative estimate of drug-likeness (QED) is 0.617. The molecule has 19 heavy (non-hydrogen) atoms. The maximum Gasteiger partial charge on any atom is 0.304 e. The first kappa shape index (κ1) is 13.5. The molecule has 0 bridgehead atoms. The average molecular weight is 262 g/mol. The molecule has 0 N–H and O–H groups in total. The van der Waals surface area contributed by atoms with Crippen LogP contribution >= 0.6 is 0 Å². The number of rotatable bonds is 3. The first-order valence-corrected chi connectivity index (χ1v) is 6.30. The Hall–Kier alpha value is -1.96. The van der Waals surface area contributed by atoms with E-state index in [-0.39, 0.29) is 0 Å². The van der Waals surface area contributed by atoms with Gasteiger partial charge in [0.15, 0.2) is 0 Å². The monoisotopic (exact) mass is 262 g/mol. The number of benzene rings is 1. The molecule has 1 aliphatic rings. The molecule has 2 rings (SSSR count). The summed E-state index contributed by atoms with van der Waals surface area (Å²) >= 11 is 0. The molecule has 0 heterocycles. The molecule has 0 spiro atoms. The van der Waals surface area contributed by atoms with E-state index in [4.69, 9.17) is 0 Å². The van der Waals surface area contributed by atoms with Gasteiger partial charge in [0.1, 0.15) is 0 Å². The van der Waals surface area contributed by atoms with Gasteiger partial charge in [-0.15, -0.1) is 0 Å². The van der Waals surface area contributed by atoms with Crippen molar-refractivity contribution in [3.8, 4) is 6.07 Å². The first-order valence-electron chi connectivity index (χ1n) is 6.30. The fourth-order valence-corrected chi connectivity index (χ4v) is 2.89. The van der Waals surface area contributed by atoms with E-state index in [1.54, 1.807) is 6.07 Å². The lowest BCUT2D eigenvalue weighted by Crippen LogP contribution is -2.18. The van der Waals surface area contributed by atoms with Crippen molar-refractivity contribution in [2.75, 3.05) is 0 Å². The SMILES string of the molecule is CC1CCC(C#N)(Cc2ccc([N+](=O)[O-])c(F)c2)C1. The maximum atomic E-state index is 13.6. The first-order chi connectivity index (χ1) is 8.96. The van der Waals surface area contributed by atoms with Crippen LogP contribution in [0.2, 0.25) is 0 Å². The van der Waals surface area contributed by atoms with Crippen molar-refractivity contribution in [3.05, 3.63) is 39.7 Å². The second-order valence-corrected chi connectivity index (χ2v) is 5.46. The van der Waals surface area contributed by atoms with Gasteiger partial charge in [0.05, 0.1) is 16.4 Å². The molecule has 1 fully saturated rings. The summed E-state index contributed by atoms with van der Waals surface area (Å²) in [5.74, 6) is -0.329. The highest BCUT2D eigenvalue weighted by Gasteiger charge is 2.37. The third-order valence-electron chi connectivity index (χ3n) is 3.84. The van der Waals surface area contributed by atoms with E-state index in [1.807, 2.05) is 0 Å². The molecule has 0 aliphatic heterocycles. The van der Waals surface area contributed by atoms with E-state index in [1.165, 1.54) is 12.1 Å². The molecule has 100 valence electrons. The van der Waals surface area contributed by atoms with Gasteiger partial charge in [-0.25, -0.2) is 0 Å². The van der Waals surface area contributed by atoms with Gasteiger partial charge < -0.3 is 0 Å². The Morgan fingerprint density at radius 3 is 2.84 bits per heavy atom. The summed E-state index contributed by atoms with van der Waals surface area (Å²) in [7, 11) is 0.